The van der Waals surface area contributed by atoms with E-state index in [0.29, 0.717) is 22.6 Å². The summed E-state index contributed by atoms with van der Waals surface area (Å²) in [5.74, 6) is 0.579. The second-order valence-electron chi connectivity index (χ2n) is 8.84. The van der Waals surface area contributed by atoms with Crippen LogP contribution in [0, 0.1) is 0 Å². The average Bonchev–Trinajstić information content (AvgIpc) is 3.04. The number of aliphatic hydroxyl groups is 2. The van der Waals surface area contributed by atoms with Gasteiger partial charge >= 0.3 is 0 Å². The largest absolute Gasteiger partial charge is 0.491 e. The summed E-state index contributed by atoms with van der Waals surface area (Å²) in [4.78, 5) is 24.9. The van der Waals surface area contributed by atoms with Crippen molar-refractivity contribution in [3.05, 3.63) is 119 Å². The van der Waals surface area contributed by atoms with Crippen molar-refractivity contribution in [3.8, 4) is 22.6 Å². The molecule has 10 heteroatoms. The molecule has 10 nitrogen and oxygen atoms in total. The van der Waals surface area contributed by atoms with Crippen molar-refractivity contribution in [3.63, 3.8) is 0 Å². The van der Waals surface area contributed by atoms with Gasteiger partial charge in [0.15, 0.2) is 0 Å². The zero-order valence-electron chi connectivity index (χ0n) is 22.6. The summed E-state index contributed by atoms with van der Waals surface area (Å²) < 4.78 is 10.6. The van der Waals surface area contributed by atoms with Crippen molar-refractivity contribution >= 4 is 24.2 Å². The van der Waals surface area contributed by atoms with Crippen LogP contribution in [-0.2, 0) is 0 Å². The average molecular weight is 567 g/mol. The van der Waals surface area contributed by atoms with Crippen LogP contribution < -0.4 is 20.3 Å². The minimum Gasteiger partial charge on any atom is -0.491 e. The van der Waals surface area contributed by atoms with Crippen molar-refractivity contribution in [2.75, 3.05) is 26.4 Å². The Kier molecular flexibility index (Phi) is 10.9. The Labute approximate surface area is 242 Å². The minimum absolute atomic E-state index is 0.0553. The zero-order chi connectivity index (χ0) is 29.6. The lowest BCUT2D eigenvalue weighted by Gasteiger charge is -2.06. The maximum Gasteiger partial charge on any atom is 0.271 e. The lowest BCUT2D eigenvalue weighted by molar-refractivity contribution is 0.0947. The van der Waals surface area contributed by atoms with Crippen molar-refractivity contribution in [2.45, 2.75) is 0 Å². The molecule has 0 saturated carbocycles. The molecule has 4 aromatic carbocycles. The molecule has 0 saturated heterocycles. The highest BCUT2D eigenvalue weighted by molar-refractivity contribution is 5.96. The van der Waals surface area contributed by atoms with Gasteiger partial charge in [0, 0.05) is 11.1 Å². The molecule has 0 unspecified atom stereocenters. The summed E-state index contributed by atoms with van der Waals surface area (Å²) in [7, 11) is 0. The predicted octanol–water partition coefficient (Wildman–Crippen LogP) is 3.62. The SMILES string of the molecule is O=C(N/N=C/c1ccc(OCCO)cc1)c1ccc(-c2ccc(C(=O)N/N=C/c3ccc(OCCO)cc3)cc2)cc1. The third-order valence-corrected chi connectivity index (χ3v) is 5.87. The van der Waals surface area contributed by atoms with Crippen LogP contribution in [0.4, 0.5) is 0 Å². The molecule has 0 fully saturated rings. The van der Waals surface area contributed by atoms with Crippen LogP contribution in [0.15, 0.2) is 107 Å². The van der Waals surface area contributed by atoms with E-state index in [2.05, 4.69) is 21.1 Å². The standard InChI is InChI=1S/C32H30N4O6/c37-17-19-41-29-13-1-23(2-14-29)21-33-35-31(39)27-9-5-25(6-10-27)26-7-11-28(12-8-26)32(40)36-34-22-24-3-15-30(16-4-24)42-20-18-38/h1-16,21-22,37-38H,17-20H2,(H,35,39)(H,36,40)/b33-21+,34-22+. The van der Waals surface area contributed by atoms with Gasteiger partial charge in [-0.15, -0.1) is 0 Å². The highest BCUT2D eigenvalue weighted by Gasteiger charge is 2.07. The second kappa shape index (κ2) is 15.5. The first-order chi connectivity index (χ1) is 20.6. The lowest BCUT2D eigenvalue weighted by Crippen LogP contribution is -2.17. The highest BCUT2D eigenvalue weighted by Crippen LogP contribution is 2.21. The number of carbonyl (C=O) groups is 2. The van der Waals surface area contributed by atoms with Gasteiger partial charge in [-0.25, -0.2) is 10.9 Å². The molecule has 0 atom stereocenters. The number of hydrazone groups is 2. The molecule has 0 aliphatic carbocycles. The smallest absolute Gasteiger partial charge is 0.271 e. The topological polar surface area (TPSA) is 142 Å². The number of rotatable bonds is 13. The van der Waals surface area contributed by atoms with Gasteiger partial charge in [-0.1, -0.05) is 24.3 Å². The van der Waals surface area contributed by atoms with Crippen LogP contribution >= 0.6 is 0 Å². The number of nitrogens with one attached hydrogen (secondary N) is 2. The summed E-state index contributed by atoms with van der Waals surface area (Å²) in [5.41, 5.74) is 9.24. The normalized spacial score (nSPS) is 11.0. The molecule has 4 rings (SSSR count). The molecule has 2 amide bonds. The summed E-state index contributed by atoms with van der Waals surface area (Å²) in [5, 5.41) is 25.6. The molecule has 0 spiro atoms. The van der Waals surface area contributed by atoms with E-state index in [-0.39, 0.29) is 38.2 Å². The van der Waals surface area contributed by atoms with E-state index in [0.717, 1.165) is 22.3 Å². The Hall–Kier alpha value is -5.32. The van der Waals surface area contributed by atoms with Gasteiger partial charge in [0.05, 0.1) is 25.6 Å². The third-order valence-electron chi connectivity index (χ3n) is 5.87. The van der Waals surface area contributed by atoms with Gasteiger partial charge in [0.1, 0.15) is 24.7 Å². The molecule has 0 bridgehead atoms. The molecule has 0 radical (unpaired) electrons. The van der Waals surface area contributed by atoms with Gasteiger partial charge in [0.25, 0.3) is 11.8 Å². The van der Waals surface area contributed by atoms with Crippen molar-refractivity contribution in [2.24, 2.45) is 10.2 Å². The number of amides is 2. The Bertz CT molecular complexity index is 1380. The van der Waals surface area contributed by atoms with Crippen molar-refractivity contribution < 1.29 is 29.3 Å². The van der Waals surface area contributed by atoms with Crippen LogP contribution in [0.1, 0.15) is 31.8 Å². The molecular formula is C32H30N4O6. The molecule has 0 heterocycles. The van der Waals surface area contributed by atoms with Crippen molar-refractivity contribution in [1.29, 1.82) is 0 Å². The van der Waals surface area contributed by atoms with E-state index in [1.54, 1.807) is 72.8 Å². The van der Waals surface area contributed by atoms with E-state index >= 15 is 0 Å². The Balaban J connectivity index is 1.26. The number of hydrogen-bond donors (Lipinski definition) is 4. The third kappa shape index (κ3) is 8.85. The molecule has 0 aromatic heterocycles. The molecule has 42 heavy (non-hydrogen) atoms. The number of benzene rings is 4. The zero-order valence-corrected chi connectivity index (χ0v) is 22.6. The maximum absolute atomic E-state index is 12.5. The number of carbonyl (C=O) groups excluding carboxylic acids is 2. The highest BCUT2D eigenvalue weighted by atomic mass is 16.5. The van der Waals surface area contributed by atoms with E-state index in [1.807, 2.05) is 24.3 Å². The molecule has 0 aliphatic heterocycles. The number of aliphatic hydroxyl groups excluding tert-OH is 2. The Morgan fingerprint density at radius 3 is 1.26 bits per heavy atom. The van der Waals surface area contributed by atoms with Crippen LogP contribution in [0.3, 0.4) is 0 Å². The minimum atomic E-state index is -0.348. The summed E-state index contributed by atoms with van der Waals surface area (Å²) in [6.45, 7) is 0.339. The summed E-state index contributed by atoms with van der Waals surface area (Å²) in [6.07, 6.45) is 3.05. The molecule has 214 valence electrons. The first-order valence-corrected chi connectivity index (χ1v) is 13.1. The van der Waals surface area contributed by atoms with Gasteiger partial charge in [-0.05, 0) is 95.1 Å². The quantitative estimate of drug-likeness (QED) is 0.144. The predicted molar refractivity (Wildman–Crippen MR) is 160 cm³/mol. The van der Waals surface area contributed by atoms with E-state index in [9.17, 15) is 9.59 Å². The van der Waals surface area contributed by atoms with Gasteiger partial charge < -0.3 is 19.7 Å². The van der Waals surface area contributed by atoms with Crippen LogP contribution in [0.5, 0.6) is 11.5 Å². The fourth-order valence-electron chi connectivity index (χ4n) is 3.72. The molecule has 4 aromatic rings. The van der Waals surface area contributed by atoms with Gasteiger partial charge in [-0.3, -0.25) is 9.59 Å². The first kappa shape index (κ1) is 29.7. The van der Waals surface area contributed by atoms with Crippen LogP contribution in [0.25, 0.3) is 11.1 Å². The first-order valence-electron chi connectivity index (χ1n) is 13.1. The monoisotopic (exact) mass is 566 g/mol. The Morgan fingerprint density at radius 2 is 0.929 bits per heavy atom. The van der Waals surface area contributed by atoms with E-state index in [1.165, 1.54) is 12.4 Å². The fraction of sp³-hybridized carbons (Fsp3) is 0.125. The number of nitrogens with zero attached hydrogens (tertiary/aromatic N) is 2. The Morgan fingerprint density at radius 1 is 0.571 bits per heavy atom. The molecule has 0 aliphatic rings. The van der Waals surface area contributed by atoms with E-state index < -0.39 is 0 Å². The van der Waals surface area contributed by atoms with Gasteiger partial charge in [0.2, 0.25) is 0 Å². The fourth-order valence-corrected chi connectivity index (χ4v) is 3.72. The molecule has 4 N–H and O–H groups in total. The number of ether oxygens (including phenoxy) is 2. The van der Waals surface area contributed by atoms with Crippen LogP contribution in [0.2, 0.25) is 0 Å². The lowest BCUT2D eigenvalue weighted by atomic mass is 10.0. The van der Waals surface area contributed by atoms with Crippen LogP contribution in [-0.4, -0.2) is 60.9 Å². The van der Waals surface area contributed by atoms with Gasteiger partial charge in [-0.2, -0.15) is 10.2 Å². The second-order valence-corrected chi connectivity index (χ2v) is 8.84. The molecular weight excluding hydrogens is 536 g/mol. The van der Waals surface area contributed by atoms with E-state index in [4.69, 9.17) is 19.7 Å². The maximum atomic E-state index is 12.5. The number of hydrogen-bond acceptors (Lipinski definition) is 8. The van der Waals surface area contributed by atoms with Crippen molar-refractivity contribution in [1.82, 2.24) is 10.9 Å². The summed E-state index contributed by atoms with van der Waals surface area (Å²) in [6, 6.07) is 28.3. The summed E-state index contributed by atoms with van der Waals surface area (Å²) >= 11 is 0.